The van der Waals surface area contributed by atoms with Gasteiger partial charge in [-0.3, -0.25) is 19.6 Å². The Morgan fingerprint density at radius 2 is 1.79 bits per heavy atom. The summed E-state index contributed by atoms with van der Waals surface area (Å²) in [7, 11) is -4.10. The molecule has 1 aliphatic heterocycles. The second kappa shape index (κ2) is 7.97. The number of benzene rings is 2. The predicted octanol–water partition coefficient (Wildman–Crippen LogP) is 3.33. The lowest BCUT2D eigenvalue weighted by molar-refractivity contribution is -0.385. The molecule has 0 radical (unpaired) electrons. The van der Waals surface area contributed by atoms with Crippen LogP contribution in [0.2, 0.25) is 0 Å². The van der Waals surface area contributed by atoms with Crippen molar-refractivity contribution in [3.05, 3.63) is 63.7 Å². The van der Waals surface area contributed by atoms with Gasteiger partial charge in [-0.15, -0.1) is 0 Å². The Balaban J connectivity index is 1.92. The van der Waals surface area contributed by atoms with Gasteiger partial charge in [-0.1, -0.05) is 18.2 Å². The molecule has 1 N–H and O–H groups in total. The molecular weight excluding hydrogens is 382 g/mol. The smallest absolute Gasteiger partial charge is 0.273 e. The van der Waals surface area contributed by atoms with Crippen LogP contribution < -0.4 is 4.72 Å². The molecule has 9 heteroatoms. The highest BCUT2D eigenvalue weighted by atomic mass is 32.2. The molecule has 1 fully saturated rings. The zero-order chi connectivity index (χ0) is 20.3. The number of nitrogens with one attached hydrogen (secondary N) is 1. The summed E-state index contributed by atoms with van der Waals surface area (Å²) in [5.74, 6) is -0.229. The summed E-state index contributed by atoms with van der Waals surface area (Å²) in [4.78, 5) is 24.8. The van der Waals surface area contributed by atoms with Crippen LogP contribution in [0.25, 0.3) is 0 Å². The molecule has 0 aliphatic carbocycles. The molecule has 0 unspecified atom stereocenters. The van der Waals surface area contributed by atoms with E-state index >= 15 is 0 Å². The third kappa shape index (κ3) is 4.14. The Hall–Kier alpha value is -2.94. The number of nitrogens with zero attached hydrogens (tertiary/aromatic N) is 2. The number of hydrogen-bond donors (Lipinski definition) is 1. The van der Waals surface area contributed by atoms with Gasteiger partial charge in [-0.25, -0.2) is 8.42 Å². The Morgan fingerprint density at radius 1 is 1.11 bits per heavy atom. The molecule has 1 saturated heterocycles. The highest BCUT2D eigenvalue weighted by molar-refractivity contribution is 7.92. The zero-order valence-electron chi connectivity index (χ0n) is 15.4. The van der Waals surface area contributed by atoms with Gasteiger partial charge in [0.25, 0.3) is 21.6 Å². The van der Waals surface area contributed by atoms with E-state index in [-0.39, 0.29) is 27.7 Å². The van der Waals surface area contributed by atoms with Gasteiger partial charge in [0.15, 0.2) is 0 Å². The first-order valence-electron chi connectivity index (χ1n) is 8.96. The Morgan fingerprint density at radius 3 is 2.46 bits per heavy atom. The number of anilines is 1. The average molecular weight is 403 g/mol. The van der Waals surface area contributed by atoms with E-state index in [2.05, 4.69) is 4.72 Å². The number of carbonyl (C=O) groups is 1. The quantitative estimate of drug-likeness (QED) is 0.608. The van der Waals surface area contributed by atoms with Gasteiger partial charge < -0.3 is 4.90 Å². The van der Waals surface area contributed by atoms with Crippen LogP contribution in [0.1, 0.15) is 35.2 Å². The van der Waals surface area contributed by atoms with E-state index in [0.29, 0.717) is 18.7 Å². The number of rotatable bonds is 5. The summed E-state index contributed by atoms with van der Waals surface area (Å²) in [6, 6.07) is 10.1. The lowest BCUT2D eigenvalue weighted by Gasteiger charge is -2.27. The standard InChI is InChI=1S/C19H21N3O5S/c1-14-9-10-15(13-18(14)22(24)25)28(26,27)20-17-8-4-3-7-16(17)19(23)21-11-5-2-6-12-21/h3-4,7-10,13,20H,2,5-6,11-12H2,1H3. The molecule has 1 amide bonds. The number of amides is 1. The highest BCUT2D eigenvalue weighted by Crippen LogP contribution is 2.26. The van der Waals surface area contributed by atoms with Crippen LogP contribution in [0.5, 0.6) is 0 Å². The summed E-state index contributed by atoms with van der Waals surface area (Å²) in [6.07, 6.45) is 2.92. The number of carbonyl (C=O) groups excluding carboxylic acids is 1. The number of piperidine rings is 1. The molecule has 3 rings (SSSR count). The van der Waals surface area contributed by atoms with Crippen molar-refractivity contribution in [3.8, 4) is 0 Å². The van der Waals surface area contributed by atoms with Crippen molar-refractivity contribution in [1.82, 2.24) is 4.90 Å². The van der Waals surface area contributed by atoms with Crippen molar-refractivity contribution in [2.24, 2.45) is 0 Å². The predicted molar refractivity (Wildman–Crippen MR) is 105 cm³/mol. The number of hydrogen-bond acceptors (Lipinski definition) is 5. The first-order valence-corrected chi connectivity index (χ1v) is 10.4. The van der Waals surface area contributed by atoms with Gasteiger partial charge in [0, 0.05) is 24.7 Å². The molecule has 1 heterocycles. The van der Waals surface area contributed by atoms with Gasteiger partial charge in [0.05, 0.1) is 21.1 Å². The Labute approximate surface area is 163 Å². The van der Waals surface area contributed by atoms with E-state index in [1.165, 1.54) is 25.1 Å². The first-order chi connectivity index (χ1) is 13.3. The summed E-state index contributed by atoms with van der Waals surface area (Å²) < 4.78 is 28.0. The lowest BCUT2D eigenvalue weighted by atomic mass is 10.1. The molecule has 8 nitrogen and oxygen atoms in total. The zero-order valence-corrected chi connectivity index (χ0v) is 16.2. The minimum atomic E-state index is -4.10. The monoisotopic (exact) mass is 403 g/mol. The van der Waals surface area contributed by atoms with Crippen molar-refractivity contribution in [3.63, 3.8) is 0 Å². The van der Waals surface area contributed by atoms with Crippen LogP contribution in [0.3, 0.4) is 0 Å². The fraction of sp³-hybridized carbons (Fsp3) is 0.316. The summed E-state index contributed by atoms with van der Waals surface area (Å²) in [6.45, 7) is 2.82. The van der Waals surface area contributed by atoms with Crippen LogP contribution >= 0.6 is 0 Å². The van der Waals surface area contributed by atoms with Crippen LogP contribution in [0.4, 0.5) is 11.4 Å². The van der Waals surface area contributed by atoms with Crippen molar-refractivity contribution in [2.75, 3.05) is 17.8 Å². The van der Waals surface area contributed by atoms with Crippen molar-refractivity contribution >= 4 is 27.3 Å². The summed E-state index contributed by atoms with van der Waals surface area (Å²) >= 11 is 0. The molecule has 0 atom stereocenters. The maximum absolute atomic E-state index is 12.8. The van der Waals surface area contributed by atoms with Gasteiger partial charge in [-0.2, -0.15) is 0 Å². The van der Waals surface area contributed by atoms with Crippen LogP contribution in [-0.2, 0) is 10.0 Å². The van der Waals surface area contributed by atoms with E-state index in [1.54, 1.807) is 23.1 Å². The van der Waals surface area contributed by atoms with E-state index in [9.17, 15) is 23.3 Å². The first kappa shape index (κ1) is 19.8. The molecule has 2 aromatic rings. The van der Waals surface area contributed by atoms with E-state index in [0.717, 1.165) is 25.3 Å². The van der Waals surface area contributed by atoms with Gasteiger partial charge in [-0.05, 0) is 44.4 Å². The molecule has 0 bridgehead atoms. The molecule has 2 aromatic carbocycles. The third-order valence-corrected chi connectivity index (χ3v) is 6.10. The van der Waals surface area contributed by atoms with Crippen molar-refractivity contribution in [1.29, 1.82) is 0 Å². The largest absolute Gasteiger partial charge is 0.339 e. The lowest BCUT2D eigenvalue weighted by Crippen LogP contribution is -2.36. The number of sulfonamides is 1. The number of nitro benzene ring substituents is 1. The van der Waals surface area contributed by atoms with Gasteiger partial charge >= 0.3 is 0 Å². The molecule has 0 spiro atoms. The molecule has 28 heavy (non-hydrogen) atoms. The Kier molecular flexibility index (Phi) is 5.64. The normalized spacial score (nSPS) is 14.5. The minimum absolute atomic E-state index is 0.154. The van der Waals surface area contributed by atoms with Crippen molar-refractivity contribution < 1.29 is 18.1 Å². The number of nitro groups is 1. The van der Waals surface area contributed by atoms with Gasteiger partial charge in [0.1, 0.15) is 0 Å². The number of aryl methyl sites for hydroxylation is 1. The second-order valence-electron chi connectivity index (χ2n) is 6.71. The minimum Gasteiger partial charge on any atom is -0.339 e. The maximum Gasteiger partial charge on any atom is 0.273 e. The third-order valence-electron chi connectivity index (χ3n) is 4.73. The van der Waals surface area contributed by atoms with E-state index in [4.69, 9.17) is 0 Å². The van der Waals surface area contributed by atoms with E-state index < -0.39 is 14.9 Å². The number of para-hydroxylation sites is 1. The maximum atomic E-state index is 12.8. The number of likely N-dealkylation sites (tertiary alicyclic amines) is 1. The summed E-state index contributed by atoms with van der Waals surface area (Å²) in [5.41, 5.74) is 0.501. The van der Waals surface area contributed by atoms with Crippen molar-refractivity contribution in [2.45, 2.75) is 31.1 Å². The molecule has 0 aromatic heterocycles. The van der Waals surface area contributed by atoms with Gasteiger partial charge in [0.2, 0.25) is 0 Å². The van der Waals surface area contributed by atoms with Crippen LogP contribution in [0.15, 0.2) is 47.4 Å². The second-order valence-corrected chi connectivity index (χ2v) is 8.39. The summed E-state index contributed by atoms with van der Waals surface area (Å²) in [5, 5.41) is 11.1. The Bertz CT molecular complexity index is 1010. The molecule has 0 saturated carbocycles. The molecule has 148 valence electrons. The SMILES string of the molecule is Cc1ccc(S(=O)(=O)Nc2ccccc2C(=O)N2CCCCC2)cc1[N+](=O)[O-]. The fourth-order valence-electron chi connectivity index (χ4n) is 3.18. The van der Waals surface area contributed by atoms with E-state index in [1.807, 2.05) is 0 Å². The average Bonchev–Trinajstić information content (AvgIpc) is 2.68. The highest BCUT2D eigenvalue weighted by Gasteiger charge is 2.24. The topological polar surface area (TPSA) is 110 Å². The molecular formula is C19H21N3O5S. The molecule has 1 aliphatic rings. The van der Waals surface area contributed by atoms with Crippen LogP contribution in [0, 0.1) is 17.0 Å². The van der Waals surface area contributed by atoms with Crippen LogP contribution in [-0.4, -0.2) is 37.2 Å². The fourth-order valence-corrected chi connectivity index (χ4v) is 4.28.